The first-order valence-corrected chi connectivity index (χ1v) is 5.67. The second-order valence-electron chi connectivity index (χ2n) is 4.02. The first-order valence-electron chi connectivity index (χ1n) is 5.67. The number of rotatable bonds is 2. The summed E-state index contributed by atoms with van der Waals surface area (Å²) < 4.78 is 4.78. The summed E-state index contributed by atoms with van der Waals surface area (Å²) in [6, 6.07) is 0. The number of cyclic esters (lactones) is 1. The van der Waals surface area contributed by atoms with E-state index in [1.54, 1.807) is 0 Å². The van der Waals surface area contributed by atoms with Crippen molar-refractivity contribution in [2.24, 2.45) is 0 Å². The van der Waals surface area contributed by atoms with Gasteiger partial charge in [0.1, 0.15) is 13.2 Å². The van der Waals surface area contributed by atoms with Crippen molar-refractivity contribution in [1.82, 2.24) is 15.1 Å². The van der Waals surface area contributed by atoms with Crippen LogP contribution in [0.5, 0.6) is 0 Å². The molecule has 2 rings (SSSR count). The van der Waals surface area contributed by atoms with Gasteiger partial charge in [-0.3, -0.25) is 9.69 Å². The molecule has 0 aromatic carbocycles. The van der Waals surface area contributed by atoms with Gasteiger partial charge in [-0.25, -0.2) is 4.79 Å². The third kappa shape index (κ3) is 2.63. The minimum Gasteiger partial charge on any atom is -0.448 e. The molecular formula is C10H17N3O3. The van der Waals surface area contributed by atoms with Crippen LogP contribution in [-0.4, -0.2) is 67.7 Å². The summed E-state index contributed by atoms with van der Waals surface area (Å²) in [7, 11) is 0. The molecule has 2 amide bonds. The number of amides is 2. The Morgan fingerprint density at radius 3 is 2.94 bits per heavy atom. The van der Waals surface area contributed by atoms with Crippen molar-refractivity contribution in [3.8, 4) is 0 Å². The van der Waals surface area contributed by atoms with Crippen LogP contribution in [0.2, 0.25) is 0 Å². The summed E-state index contributed by atoms with van der Waals surface area (Å²) in [4.78, 5) is 26.4. The van der Waals surface area contributed by atoms with Crippen molar-refractivity contribution >= 4 is 12.0 Å². The molecule has 2 fully saturated rings. The van der Waals surface area contributed by atoms with Crippen LogP contribution in [-0.2, 0) is 9.53 Å². The molecule has 6 heteroatoms. The largest absolute Gasteiger partial charge is 0.448 e. The van der Waals surface area contributed by atoms with Gasteiger partial charge in [0.2, 0.25) is 5.91 Å². The van der Waals surface area contributed by atoms with Crippen LogP contribution < -0.4 is 5.32 Å². The van der Waals surface area contributed by atoms with E-state index in [0.29, 0.717) is 13.2 Å². The van der Waals surface area contributed by atoms with Gasteiger partial charge in [0.05, 0.1) is 6.54 Å². The summed E-state index contributed by atoms with van der Waals surface area (Å²) in [6.45, 7) is 4.35. The molecule has 0 aromatic heterocycles. The molecule has 0 spiro atoms. The van der Waals surface area contributed by atoms with Crippen molar-refractivity contribution in [1.29, 1.82) is 0 Å². The minimum atomic E-state index is -0.374. The van der Waals surface area contributed by atoms with Crippen LogP contribution in [0.3, 0.4) is 0 Å². The Hall–Kier alpha value is -1.30. The topological polar surface area (TPSA) is 61.9 Å². The molecule has 0 saturated carbocycles. The van der Waals surface area contributed by atoms with Crippen LogP contribution in [0.1, 0.15) is 6.42 Å². The fourth-order valence-electron chi connectivity index (χ4n) is 1.93. The highest BCUT2D eigenvalue weighted by Crippen LogP contribution is 2.05. The predicted molar refractivity (Wildman–Crippen MR) is 57.0 cm³/mol. The minimum absolute atomic E-state index is 0.0163. The second kappa shape index (κ2) is 5.16. The standard InChI is InChI=1S/C10H17N3O3/c14-9(8-13-6-7-16-10(13)15)12-4-1-2-11-3-5-12/h11H,1-8H2. The van der Waals surface area contributed by atoms with Crippen LogP contribution in [0.4, 0.5) is 4.79 Å². The lowest BCUT2D eigenvalue weighted by atomic mass is 10.3. The fourth-order valence-corrected chi connectivity index (χ4v) is 1.93. The summed E-state index contributed by atoms with van der Waals surface area (Å²) >= 11 is 0. The smallest absolute Gasteiger partial charge is 0.410 e. The van der Waals surface area contributed by atoms with Crippen molar-refractivity contribution in [2.75, 3.05) is 45.9 Å². The Balaban J connectivity index is 1.84. The van der Waals surface area contributed by atoms with Crippen LogP contribution in [0.25, 0.3) is 0 Å². The molecule has 2 aliphatic rings. The monoisotopic (exact) mass is 227 g/mol. The number of carbonyl (C=O) groups is 2. The Bertz CT molecular complexity index is 274. The third-order valence-electron chi connectivity index (χ3n) is 2.86. The van der Waals surface area contributed by atoms with Gasteiger partial charge in [0.15, 0.2) is 0 Å². The van der Waals surface area contributed by atoms with E-state index in [1.165, 1.54) is 4.90 Å². The molecule has 90 valence electrons. The van der Waals surface area contributed by atoms with Gasteiger partial charge >= 0.3 is 6.09 Å². The molecule has 0 bridgehead atoms. The van der Waals surface area contributed by atoms with Crippen molar-refractivity contribution in [3.05, 3.63) is 0 Å². The van der Waals surface area contributed by atoms with Crippen LogP contribution in [0, 0.1) is 0 Å². The van der Waals surface area contributed by atoms with Gasteiger partial charge < -0.3 is 15.0 Å². The molecule has 1 N–H and O–H groups in total. The van der Waals surface area contributed by atoms with Gasteiger partial charge in [-0.1, -0.05) is 0 Å². The first-order chi connectivity index (χ1) is 7.77. The number of hydrogen-bond donors (Lipinski definition) is 1. The molecule has 2 saturated heterocycles. The lowest BCUT2D eigenvalue weighted by Gasteiger charge is -2.22. The lowest BCUT2D eigenvalue weighted by Crippen LogP contribution is -2.42. The van der Waals surface area contributed by atoms with E-state index in [9.17, 15) is 9.59 Å². The van der Waals surface area contributed by atoms with Crippen molar-refractivity contribution in [3.63, 3.8) is 0 Å². The molecule has 0 unspecified atom stereocenters. The summed E-state index contributed by atoms with van der Waals surface area (Å²) in [5, 5.41) is 3.24. The maximum atomic E-state index is 11.9. The van der Waals surface area contributed by atoms with Gasteiger partial charge in [-0.2, -0.15) is 0 Å². The molecule has 2 heterocycles. The molecule has 0 aliphatic carbocycles. The van der Waals surface area contributed by atoms with E-state index in [1.807, 2.05) is 4.90 Å². The average Bonchev–Trinajstić information content (AvgIpc) is 2.57. The fraction of sp³-hybridized carbons (Fsp3) is 0.800. The Morgan fingerprint density at radius 2 is 2.19 bits per heavy atom. The van der Waals surface area contributed by atoms with E-state index < -0.39 is 0 Å². The number of nitrogens with one attached hydrogen (secondary N) is 1. The van der Waals surface area contributed by atoms with Crippen LogP contribution in [0.15, 0.2) is 0 Å². The van der Waals surface area contributed by atoms with Crippen molar-refractivity contribution in [2.45, 2.75) is 6.42 Å². The molecular weight excluding hydrogens is 210 g/mol. The Kier molecular flexibility index (Phi) is 3.61. The highest BCUT2D eigenvalue weighted by atomic mass is 16.6. The SMILES string of the molecule is O=C(CN1CCOC1=O)N1CCCNCC1. The van der Waals surface area contributed by atoms with Gasteiger partial charge in [-0.15, -0.1) is 0 Å². The predicted octanol–water partition coefficient (Wildman–Crippen LogP) is -0.739. The van der Waals surface area contributed by atoms with Crippen molar-refractivity contribution < 1.29 is 14.3 Å². The van der Waals surface area contributed by atoms with E-state index in [-0.39, 0.29) is 18.5 Å². The molecule has 0 atom stereocenters. The third-order valence-corrected chi connectivity index (χ3v) is 2.86. The maximum Gasteiger partial charge on any atom is 0.410 e. The zero-order valence-corrected chi connectivity index (χ0v) is 9.28. The first kappa shape index (κ1) is 11.2. The average molecular weight is 227 g/mol. The highest BCUT2D eigenvalue weighted by molar-refractivity contribution is 5.82. The summed E-state index contributed by atoms with van der Waals surface area (Å²) in [5.74, 6) is 0.0163. The number of nitrogens with zero attached hydrogens (tertiary/aromatic N) is 2. The van der Waals surface area contributed by atoms with Gasteiger partial charge in [0.25, 0.3) is 0 Å². The second-order valence-corrected chi connectivity index (χ2v) is 4.02. The molecule has 6 nitrogen and oxygen atoms in total. The highest BCUT2D eigenvalue weighted by Gasteiger charge is 2.26. The normalized spacial score (nSPS) is 21.9. The molecule has 0 aromatic rings. The molecule has 0 radical (unpaired) electrons. The van der Waals surface area contributed by atoms with E-state index in [2.05, 4.69) is 5.32 Å². The molecule has 2 aliphatic heterocycles. The van der Waals surface area contributed by atoms with Gasteiger partial charge in [0, 0.05) is 19.6 Å². The number of carbonyl (C=O) groups excluding carboxylic acids is 2. The van der Waals surface area contributed by atoms with Gasteiger partial charge in [-0.05, 0) is 13.0 Å². The van der Waals surface area contributed by atoms with Crippen LogP contribution >= 0.6 is 0 Å². The summed E-state index contributed by atoms with van der Waals surface area (Å²) in [5.41, 5.74) is 0. The quantitative estimate of drug-likeness (QED) is 0.675. The van der Waals surface area contributed by atoms with E-state index in [0.717, 1.165) is 32.6 Å². The summed E-state index contributed by atoms with van der Waals surface area (Å²) in [6.07, 6.45) is 0.595. The number of hydrogen-bond acceptors (Lipinski definition) is 4. The lowest BCUT2D eigenvalue weighted by molar-refractivity contribution is -0.131. The zero-order valence-electron chi connectivity index (χ0n) is 9.28. The maximum absolute atomic E-state index is 11.9. The Morgan fingerprint density at radius 1 is 1.31 bits per heavy atom. The molecule has 16 heavy (non-hydrogen) atoms. The number of ether oxygens (including phenoxy) is 1. The Labute approximate surface area is 94.5 Å². The van der Waals surface area contributed by atoms with E-state index in [4.69, 9.17) is 4.74 Å². The van der Waals surface area contributed by atoms with E-state index >= 15 is 0 Å². The zero-order chi connectivity index (χ0) is 11.4.